The van der Waals surface area contributed by atoms with Crippen LogP contribution in [0.3, 0.4) is 0 Å². The zero-order valence-electron chi connectivity index (χ0n) is 14.4. The van der Waals surface area contributed by atoms with Crippen LogP contribution in [-0.2, 0) is 0 Å². The molecule has 0 aromatic heterocycles. The van der Waals surface area contributed by atoms with Crippen molar-refractivity contribution in [1.29, 1.82) is 0 Å². The number of hydrogen-bond acceptors (Lipinski definition) is 1. The summed E-state index contributed by atoms with van der Waals surface area (Å²) in [6, 6.07) is 15.4. The fourth-order valence-electron chi connectivity index (χ4n) is 4.00. The number of fused-ring (bicyclic) bond motifs is 1. The van der Waals surface area contributed by atoms with E-state index in [1.807, 2.05) is 0 Å². The monoisotopic (exact) mass is 297 g/mol. The van der Waals surface area contributed by atoms with E-state index >= 15 is 0 Å². The third kappa shape index (κ3) is 3.52. The second-order valence-corrected chi connectivity index (χ2v) is 6.64. The molecule has 0 saturated heterocycles. The first-order valence-corrected chi connectivity index (χ1v) is 8.92. The summed E-state index contributed by atoms with van der Waals surface area (Å²) in [5.41, 5.74) is 8.34. The lowest BCUT2D eigenvalue weighted by molar-refractivity contribution is 0.280. The fraction of sp³-hybridized carbons (Fsp3) is 0.524. The molecule has 1 nitrogen and oxygen atoms in total. The van der Waals surface area contributed by atoms with Gasteiger partial charge in [-0.2, -0.15) is 0 Å². The quantitative estimate of drug-likeness (QED) is 0.633. The Labute approximate surface area is 135 Å². The number of benzene rings is 2. The van der Waals surface area contributed by atoms with Gasteiger partial charge < -0.3 is 5.73 Å². The molecule has 1 heteroatoms. The molecule has 120 valence electrons. The van der Waals surface area contributed by atoms with Crippen LogP contribution in [0.4, 0.5) is 0 Å². The highest BCUT2D eigenvalue weighted by molar-refractivity contribution is 5.86. The first kappa shape index (κ1) is 17.0. The summed E-state index contributed by atoms with van der Waals surface area (Å²) in [6.45, 7) is 6.78. The Morgan fingerprint density at radius 2 is 1.50 bits per heavy atom. The molecular formula is C21H31N. The summed E-state index contributed by atoms with van der Waals surface area (Å²) < 4.78 is 0. The molecule has 0 radical (unpaired) electrons. The molecule has 1 atom stereocenters. The Hall–Kier alpha value is -1.34. The van der Waals surface area contributed by atoms with Crippen LogP contribution in [0, 0.1) is 0 Å². The zero-order chi connectivity index (χ0) is 16.0. The smallest absolute Gasteiger partial charge is 0.0223 e. The third-order valence-electron chi connectivity index (χ3n) is 4.90. The van der Waals surface area contributed by atoms with Gasteiger partial charge in [0.15, 0.2) is 0 Å². The highest BCUT2D eigenvalue weighted by Gasteiger charge is 2.34. The summed E-state index contributed by atoms with van der Waals surface area (Å²) in [6.07, 6.45) is 6.87. The van der Waals surface area contributed by atoms with Gasteiger partial charge in [-0.15, -0.1) is 0 Å². The van der Waals surface area contributed by atoms with Gasteiger partial charge in [-0.05, 0) is 35.6 Å². The molecule has 0 aliphatic rings. The highest BCUT2D eigenvalue weighted by Crippen LogP contribution is 2.40. The van der Waals surface area contributed by atoms with Crippen molar-refractivity contribution < 1.29 is 0 Å². The lowest BCUT2D eigenvalue weighted by Gasteiger charge is -2.39. The summed E-state index contributed by atoms with van der Waals surface area (Å²) in [4.78, 5) is 0. The van der Waals surface area contributed by atoms with E-state index in [4.69, 9.17) is 5.73 Å². The Kier molecular flexibility index (Phi) is 6.02. The van der Waals surface area contributed by atoms with E-state index in [0.717, 1.165) is 25.7 Å². The minimum Gasteiger partial charge on any atom is -0.325 e. The molecule has 0 amide bonds. The first-order chi connectivity index (χ1) is 10.7. The van der Waals surface area contributed by atoms with Gasteiger partial charge in [0.25, 0.3) is 0 Å². The molecule has 2 aromatic carbocycles. The molecule has 0 heterocycles. The summed E-state index contributed by atoms with van der Waals surface area (Å²) in [5, 5.41) is 2.71. The van der Waals surface area contributed by atoms with Crippen LogP contribution in [-0.4, -0.2) is 5.54 Å². The Morgan fingerprint density at radius 1 is 0.864 bits per heavy atom. The molecular weight excluding hydrogens is 266 g/mol. The Morgan fingerprint density at radius 3 is 2.14 bits per heavy atom. The van der Waals surface area contributed by atoms with E-state index in [2.05, 4.69) is 63.2 Å². The van der Waals surface area contributed by atoms with Crippen molar-refractivity contribution in [1.82, 2.24) is 0 Å². The van der Waals surface area contributed by atoms with Crippen LogP contribution < -0.4 is 5.73 Å². The van der Waals surface area contributed by atoms with E-state index in [9.17, 15) is 0 Å². The van der Waals surface area contributed by atoms with Crippen LogP contribution in [0.1, 0.15) is 70.8 Å². The lowest BCUT2D eigenvalue weighted by atomic mass is 9.71. The molecule has 2 rings (SSSR count). The van der Waals surface area contributed by atoms with Crippen molar-refractivity contribution >= 4 is 10.8 Å². The second-order valence-electron chi connectivity index (χ2n) is 6.64. The molecule has 0 saturated carbocycles. The van der Waals surface area contributed by atoms with Gasteiger partial charge >= 0.3 is 0 Å². The van der Waals surface area contributed by atoms with Gasteiger partial charge in [-0.1, -0.05) is 82.5 Å². The van der Waals surface area contributed by atoms with Gasteiger partial charge in [0.05, 0.1) is 0 Å². The van der Waals surface area contributed by atoms with Gasteiger partial charge in [0.2, 0.25) is 0 Å². The van der Waals surface area contributed by atoms with E-state index in [1.54, 1.807) is 0 Å². The maximum absolute atomic E-state index is 6.97. The van der Waals surface area contributed by atoms with E-state index < -0.39 is 0 Å². The van der Waals surface area contributed by atoms with Crippen molar-refractivity contribution in [3.05, 3.63) is 48.0 Å². The SMILES string of the molecule is CCCC(c1cccc2ccccc12)C(N)(CCC)CCC. The summed E-state index contributed by atoms with van der Waals surface area (Å²) in [5.74, 6) is 0.448. The average molecular weight is 297 g/mol. The largest absolute Gasteiger partial charge is 0.325 e. The molecule has 22 heavy (non-hydrogen) atoms. The van der Waals surface area contributed by atoms with Crippen LogP contribution in [0.2, 0.25) is 0 Å². The van der Waals surface area contributed by atoms with Crippen molar-refractivity contribution in [2.45, 2.75) is 70.8 Å². The van der Waals surface area contributed by atoms with E-state index in [1.165, 1.54) is 29.2 Å². The molecule has 0 spiro atoms. The van der Waals surface area contributed by atoms with Crippen LogP contribution in [0.25, 0.3) is 10.8 Å². The van der Waals surface area contributed by atoms with Crippen molar-refractivity contribution in [2.24, 2.45) is 5.73 Å². The minimum atomic E-state index is -0.0797. The predicted octanol–water partition coefficient (Wildman–Crippen LogP) is 6.02. The van der Waals surface area contributed by atoms with Crippen LogP contribution in [0.15, 0.2) is 42.5 Å². The third-order valence-corrected chi connectivity index (χ3v) is 4.90. The lowest BCUT2D eigenvalue weighted by Crippen LogP contribution is -2.45. The highest BCUT2D eigenvalue weighted by atomic mass is 14.8. The maximum Gasteiger partial charge on any atom is 0.0223 e. The molecule has 2 N–H and O–H groups in total. The average Bonchev–Trinajstić information content (AvgIpc) is 2.52. The second kappa shape index (κ2) is 7.78. The summed E-state index contributed by atoms with van der Waals surface area (Å²) >= 11 is 0. The van der Waals surface area contributed by atoms with Crippen molar-refractivity contribution in [3.8, 4) is 0 Å². The standard InChI is InChI=1S/C21H31N/c1-4-10-20(21(22,15-5-2)16-6-3)19-14-9-12-17-11-7-8-13-18(17)19/h7-9,11-14,20H,4-6,10,15-16,22H2,1-3H3. The molecule has 0 aliphatic carbocycles. The fourth-order valence-corrected chi connectivity index (χ4v) is 4.00. The van der Waals surface area contributed by atoms with Crippen molar-refractivity contribution in [2.75, 3.05) is 0 Å². The van der Waals surface area contributed by atoms with Gasteiger partial charge in [-0.3, -0.25) is 0 Å². The van der Waals surface area contributed by atoms with Gasteiger partial charge in [0.1, 0.15) is 0 Å². The minimum absolute atomic E-state index is 0.0797. The maximum atomic E-state index is 6.97. The topological polar surface area (TPSA) is 26.0 Å². The first-order valence-electron chi connectivity index (χ1n) is 8.92. The molecule has 2 aromatic rings. The van der Waals surface area contributed by atoms with Gasteiger partial charge in [0, 0.05) is 11.5 Å². The van der Waals surface area contributed by atoms with Gasteiger partial charge in [-0.25, -0.2) is 0 Å². The van der Waals surface area contributed by atoms with E-state index in [0.29, 0.717) is 5.92 Å². The number of rotatable bonds is 8. The number of hydrogen-bond donors (Lipinski definition) is 1. The molecule has 0 bridgehead atoms. The summed E-state index contributed by atoms with van der Waals surface area (Å²) in [7, 11) is 0. The van der Waals surface area contributed by atoms with Crippen LogP contribution >= 0.6 is 0 Å². The Balaban J connectivity index is 2.53. The van der Waals surface area contributed by atoms with E-state index in [-0.39, 0.29) is 5.54 Å². The zero-order valence-corrected chi connectivity index (χ0v) is 14.4. The molecule has 0 aliphatic heterocycles. The molecule has 0 fully saturated rings. The predicted molar refractivity (Wildman–Crippen MR) is 98.3 cm³/mol. The van der Waals surface area contributed by atoms with Crippen molar-refractivity contribution in [3.63, 3.8) is 0 Å². The Bertz CT molecular complexity index is 576. The molecule has 1 unspecified atom stereocenters. The normalized spacial score (nSPS) is 13.5. The van der Waals surface area contributed by atoms with Crippen LogP contribution in [0.5, 0.6) is 0 Å². The number of nitrogens with two attached hydrogens (primary N) is 1.